The molecule has 1 N–H and O–H groups in total. The number of likely N-dealkylation sites (tertiary alicyclic amines) is 1. The SMILES string of the molecule is CNC1CCN(CCOc2ccccc2OC)CC1.Cl. The van der Waals surface area contributed by atoms with Crippen molar-refractivity contribution in [3.8, 4) is 11.5 Å². The van der Waals surface area contributed by atoms with Gasteiger partial charge < -0.3 is 14.8 Å². The minimum atomic E-state index is 0. The fourth-order valence-corrected chi connectivity index (χ4v) is 2.47. The van der Waals surface area contributed by atoms with Gasteiger partial charge >= 0.3 is 0 Å². The van der Waals surface area contributed by atoms with Gasteiger partial charge in [0, 0.05) is 12.6 Å². The van der Waals surface area contributed by atoms with Crippen molar-refractivity contribution in [3.05, 3.63) is 24.3 Å². The van der Waals surface area contributed by atoms with Crippen LogP contribution in [0, 0.1) is 0 Å². The molecule has 0 saturated carbocycles. The van der Waals surface area contributed by atoms with E-state index in [1.54, 1.807) is 7.11 Å². The summed E-state index contributed by atoms with van der Waals surface area (Å²) < 4.78 is 11.1. The first-order valence-corrected chi connectivity index (χ1v) is 6.99. The van der Waals surface area contributed by atoms with Crippen LogP contribution in [0.1, 0.15) is 12.8 Å². The van der Waals surface area contributed by atoms with Gasteiger partial charge in [0.2, 0.25) is 0 Å². The van der Waals surface area contributed by atoms with Crippen LogP contribution in [0.25, 0.3) is 0 Å². The lowest BCUT2D eigenvalue weighted by atomic mass is 10.1. The highest BCUT2D eigenvalue weighted by molar-refractivity contribution is 5.85. The lowest BCUT2D eigenvalue weighted by Crippen LogP contribution is -2.42. The Morgan fingerprint density at radius 1 is 1.20 bits per heavy atom. The molecule has 0 atom stereocenters. The summed E-state index contributed by atoms with van der Waals surface area (Å²) in [6, 6.07) is 8.48. The van der Waals surface area contributed by atoms with Crippen molar-refractivity contribution in [1.82, 2.24) is 10.2 Å². The molecule has 1 saturated heterocycles. The number of para-hydroxylation sites is 2. The first kappa shape index (κ1) is 17.1. The van der Waals surface area contributed by atoms with Crippen molar-refractivity contribution in [3.63, 3.8) is 0 Å². The third-order valence-corrected chi connectivity index (χ3v) is 3.73. The van der Waals surface area contributed by atoms with E-state index in [2.05, 4.69) is 10.2 Å². The highest BCUT2D eigenvalue weighted by Crippen LogP contribution is 2.25. The number of hydrogen-bond acceptors (Lipinski definition) is 4. The van der Waals surface area contributed by atoms with Crippen LogP contribution < -0.4 is 14.8 Å². The number of halogens is 1. The molecule has 1 aromatic carbocycles. The Morgan fingerprint density at radius 2 is 1.85 bits per heavy atom. The lowest BCUT2D eigenvalue weighted by molar-refractivity contribution is 0.165. The van der Waals surface area contributed by atoms with E-state index in [0.29, 0.717) is 12.6 Å². The van der Waals surface area contributed by atoms with Gasteiger partial charge in [-0.05, 0) is 45.1 Å². The van der Waals surface area contributed by atoms with Crippen LogP contribution in [-0.2, 0) is 0 Å². The van der Waals surface area contributed by atoms with Crippen molar-refractivity contribution in [2.24, 2.45) is 0 Å². The molecule has 4 nitrogen and oxygen atoms in total. The fourth-order valence-electron chi connectivity index (χ4n) is 2.47. The summed E-state index contributed by atoms with van der Waals surface area (Å²) in [6.45, 7) is 4.00. The molecule has 1 fully saturated rings. The van der Waals surface area contributed by atoms with Gasteiger partial charge in [-0.25, -0.2) is 0 Å². The maximum absolute atomic E-state index is 5.80. The van der Waals surface area contributed by atoms with E-state index in [-0.39, 0.29) is 12.4 Å². The number of nitrogens with zero attached hydrogens (tertiary/aromatic N) is 1. The number of ether oxygens (including phenoxy) is 2. The second-order valence-corrected chi connectivity index (χ2v) is 4.90. The zero-order chi connectivity index (χ0) is 13.5. The predicted octanol–water partition coefficient (Wildman–Crippen LogP) is 2.18. The quantitative estimate of drug-likeness (QED) is 0.873. The standard InChI is InChI=1S/C15H24N2O2.ClH/c1-16-13-7-9-17(10-8-13)11-12-19-15-6-4-3-5-14(15)18-2;/h3-6,13,16H,7-12H2,1-2H3;1H. The number of hydrogen-bond donors (Lipinski definition) is 1. The van der Waals surface area contributed by atoms with Gasteiger partial charge in [0.1, 0.15) is 6.61 Å². The smallest absolute Gasteiger partial charge is 0.161 e. The molecule has 1 aliphatic rings. The van der Waals surface area contributed by atoms with Gasteiger partial charge in [0.05, 0.1) is 7.11 Å². The van der Waals surface area contributed by atoms with Crippen LogP contribution in [0.2, 0.25) is 0 Å². The highest BCUT2D eigenvalue weighted by Gasteiger charge is 2.17. The van der Waals surface area contributed by atoms with Crippen molar-refractivity contribution in [2.75, 3.05) is 40.4 Å². The Balaban J connectivity index is 0.00000200. The van der Waals surface area contributed by atoms with Gasteiger partial charge in [-0.15, -0.1) is 12.4 Å². The number of piperidine rings is 1. The monoisotopic (exact) mass is 300 g/mol. The Morgan fingerprint density at radius 3 is 2.45 bits per heavy atom. The second-order valence-electron chi connectivity index (χ2n) is 4.90. The normalized spacial score (nSPS) is 16.5. The first-order valence-electron chi connectivity index (χ1n) is 6.99. The Hall–Kier alpha value is -0.970. The average molecular weight is 301 g/mol. The molecule has 114 valence electrons. The molecule has 20 heavy (non-hydrogen) atoms. The Labute approximate surface area is 127 Å². The largest absolute Gasteiger partial charge is 0.493 e. The summed E-state index contributed by atoms with van der Waals surface area (Å²) in [5, 5.41) is 3.35. The molecule has 0 unspecified atom stereocenters. The molecular weight excluding hydrogens is 276 g/mol. The van der Waals surface area contributed by atoms with Crippen molar-refractivity contribution >= 4 is 12.4 Å². The van der Waals surface area contributed by atoms with Gasteiger partial charge in [-0.2, -0.15) is 0 Å². The number of rotatable bonds is 6. The summed E-state index contributed by atoms with van der Waals surface area (Å²) in [7, 11) is 3.72. The van der Waals surface area contributed by atoms with E-state index in [1.165, 1.54) is 12.8 Å². The molecule has 0 aromatic heterocycles. The maximum atomic E-state index is 5.80. The topological polar surface area (TPSA) is 33.7 Å². The van der Waals surface area contributed by atoms with Crippen molar-refractivity contribution in [1.29, 1.82) is 0 Å². The summed E-state index contributed by atoms with van der Waals surface area (Å²) in [5.41, 5.74) is 0. The Bertz CT molecular complexity index is 382. The van der Waals surface area contributed by atoms with Gasteiger partial charge in [-0.1, -0.05) is 12.1 Å². The first-order chi connectivity index (χ1) is 9.33. The van der Waals surface area contributed by atoms with E-state index < -0.39 is 0 Å². The minimum absolute atomic E-state index is 0. The van der Waals surface area contributed by atoms with Crippen LogP contribution in [0.5, 0.6) is 11.5 Å². The van der Waals surface area contributed by atoms with Crippen molar-refractivity contribution < 1.29 is 9.47 Å². The molecule has 1 aromatic rings. The Kier molecular flexibility index (Phi) is 7.73. The lowest BCUT2D eigenvalue weighted by Gasteiger charge is -2.31. The number of nitrogens with one attached hydrogen (secondary N) is 1. The molecule has 1 aliphatic heterocycles. The van der Waals surface area contributed by atoms with E-state index >= 15 is 0 Å². The minimum Gasteiger partial charge on any atom is -0.493 e. The third kappa shape index (κ3) is 4.85. The van der Waals surface area contributed by atoms with Gasteiger partial charge in [0.15, 0.2) is 11.5 Å². The zero-order valence-electron chi connectivity index (χ0n) is 12.3. The average Bonchev–Trinajstić information content (AvgIpc) is 2.48. The number of benzene rings is 1. The van der Waals surface area contributed by atoms with E-state index in [4.69, 9.17) is 9.47 Å². The summed E-state index contributed by atoms with van der Waals surface area (Å²) in [6.07, 6.45) is 2.45. The van der Waals surface area contributed by atoms with Crippen LogP contribution in [0.4, 0.5) is 0 Å². The van der Waals surface area contributed by atoms with Crippen LogP contribution in [0.3, 0.4) is 0 Å². The van der Waals surface area contributed by atoms with Crippen molar-refractivity contribution in [2.45, 2.75) is 18.9 Å². The molecule has 1 heterocycles. The summed E-state index contributed by atoms with van der Waals surface area (Å²) in [5.74, 6) is 1.63. The predicted molar refractivity (Wildman–Crippen MR) is 84.3 cm³/mol. The summed E-state index contributed by atoms with van der Waals surface area (Å²) in [4.78, 5) is 2.46. The molecule has 0 amide bonds. The third-order valence-electron chi connectivity index (χ3n) is 3.73. The molecule has 0 aliphatic carbocycles. The molecule has 0 bridgehead atoms. The second kappa shape index (κ2) is 9.06. The zero-order valence-corrected chi connectivity index (χ0v) is 13.1. The van der Waals surface area contributed by atoms with E-state index in [1.807, 2.05) is 31.3 Å². The van der Waals surface area contributed by atoms with Gasteiger partial charge in [0.25, 0.3) is 0 Å². The highest BCUT2D eigenvalue weighted by atomic mass is 35.5. The molecular formula is C15H25ClN2O2. The molecule has 5 heteroatoms. The summed E-state index contributed by atoms with van der Waals surface area (Å²) >= 11 is 0. The molecule has 0 radical (unpaired) electrons. The van der Waals surface area contributed by atoms with Crippen LogP contribution in [0.15, 0.2) is 24.3 Å². The maximum Gasteiger partial charge on any atom is 0.161 e. The molecule has 2 rings (SSSR count). The fraction of sp³-hybridized carbons (Fsp3) is 0.600. The van der Waals surface area contributed by atoms with Crippen LogP contribution in [-0.4, -0.2) is 51.3 Å². The van der Waals surface area contributed by atoms with Gasteiger partial charge in [-0.3, -0.25) is 4.90 Å². The van der Waals surface area contributed by atoms with E-state index in [9.17, 15) is 0 Å². The number of methoxy groups -OCH3 is 1. The molecule has 0 spiro atoms. The van der Waals surface area contributed by atoms with E-state index in [0.717, 1.165) is 31.1 Å². The van der Waals surface area contributed by atoms with Crippen LogP contribution >= 0.6 is 12.4 Å².